The first-order valence-electron chi connectivity index (χ1n) is 9.26. The third-order valence-corrected chi connectivity index (χ3v) is 6.11. The number of hydrogen-bond donors (Lipinski definition) is 0. The van der Waals surface area contributed by atoms with Crippen molar-refractivity contribution in [2.24, 2.45) is 0 Å². The van der Waals surface area contributed by atoms with E-state index in [1.165, 1.54) is 0 Å². The molecule has 2 aromatic carbocycles. The van der Waals surface area contributed by atoms with Crippen molar-refractivity contribution in [1.82, 2.24) is 0 Å². The molecule has 1 fully saturated rings. The lowest BCUT2D eigenvalue weighted by atomic mass is 9.78. The highest BCUT2D eigenvalue weighted by Gasteiger charge is 2.50. The fourth-order valence-electron chi connectivity index (χ4n) is 4.66. The number of carbonyl (C=O) groups excluding carboxylic acids is 2. The van der Waals surface area contributed by atoms with Gasteiger partial charge in [0.2, 0.25) is 0 Å². The minimum atomic E-state index is -0.517. The summed E-state index contributed by atoms with van der Waals surface area (Å²) in [7, 11) is 0. The van der Waals surface area contributed by atoms with Gasteiger partial charge in [-0.05, 0) is 55.7 Å². The summed E-state index contributed by atoms with van der Waals surface area (Å²) in [6.45, 7) is 11.0. The molecule has 0 aromatic heterocycles. The van der Waals surface area contributed by atoms with Crippen molar-refractivity contribution in [2.45, 2.75) is 44.4 Å². The molecule has 4 rings (SSSR count). The van der Waals surface area contributed by atoms with Crippen molar-refractivity contribution >= 4 is 34.3 Å². The van der Waals surface area contributed by atoms with E-state index >= 15 is 0 Å². The van der Waals surface area contributed by atoms with Crippen molar-refractivity contribution < 1.29 is 19.1 Å². The second-order valence-electron chi connectivity index (χ2n) is 7.93. The molecule has 28 heavy (non-hydrogen) atoms. The van der Waals surface area contributed by atoms with E-state index in [0.717, 1.165) is 36.5 Å². The Labute approximate surface area is 168 Å². The summed E-state index contributed by atoms with van der Waals surface area (Å²) >= 11 is 6.25. The Morgan fingerprint density at radius 3 is 2.68 bits per heavy atom. The molecule has 2 bridgehead atoms. The summed E-state index contributed by atoms with van der Waals surface area (Å²) in [5, 5.41) is 1.86. The van der Waals surface area contributed by atoms with Crippen molar-refractivity contribution in [3.05, 3.63) is 59.2 Å². The van der Waals surface area contributed by atoms with Crippen LogP contribution in [0.15, 0.2) is 43.0 Å². The van der Waals surface area contributed by atoms with E-state index < -0.39 is 11.9 Å². The van der Waals surface area contributed by atoms with Crippen LogP contribution in [0.1, 0.15) is 50.2 Å². The minimum Gasteiger partial charge on any atom is -0.422 e. The number of fused-ring (bicyclic) bond motifs is 6. The van der Waals surface area contributed by atoms with Crippen molar-refractivity contribution in [2.75, 3.05) is 0 Å². The Hall–Kier alpha value is -2.59. The Bertz CT molecular complexity index is 1070. The fourth-order valence-corrected chi connectivity index (χ4v) is 4.83. The van der Waals surface area contributed by atoms with Crippen LogP contribution in [0.4, 0.5) is 0 Å². The third kappa shape index (κ3) is 2.75. The maximum atomic E-state index is 12.4. The van der Waals surface area contributed by atoms with Crippen LogP contribution in [0, 0.1) is 0 Å². The highest BCUT2D eigenvalue weighted by molar-refractivity contribution is 6.31. The quantitative estimate of drug-likeness (QED) is 0.383. The van der Waals surface area contributed by atoms with Crippen LogP contribution in [-0.2, 0) is 15.0 Å². The number of halogens is 1. The molecule has 5 heteroatoms. The molecule has 0 saturated heterocycles. The molecule has 2 aliphatic rings. The van der Waals surface area contributed by atoms with Gasteiger partial charge in [-0.2, -0.15) is 0 Å². The van der Waals surface area contributed by atoms with Gasteiger partial charge in [-0.1, -0.05) is 31.7 Å². The summed E-state index contributed by atoms with van der Waals surface area (Å²) in [5.74, 6) is 0.278. The summed E-state index contributed by atoms with van der Waals surface area (Å²) in [6.07, 6.45) is 4.08. The lowest BCUT2D eigenvalue weighted by molar-refractivity contribution is -0.130. The first-order valence-corrected chi connectivity index (χ1v) is 9.64. The molecular formula is C23H21ClO4. The molecular weight excluding hydrogens is 376 g/mol. The second kappa shape index (κ2) is 6.49. The van der Waals surface area contributed by atoms with E-state index in [1.54, 1.807) is 25.1 Å². The molecule has 144 valence electrons. The number of esters is 2. The molecule has 0 N–H and O–H groups in total. The molecule has 0 heterocycles. The minimum absolute atomic E-state index is 0.130. The van der Waals surface area contributed by atoms with E-state index in [9.17, 15) is 9.59 Å². The highest BCUT2D eigenvalue weighted by atomic mass is 35.5. The maximum Gasteiger partial charge on any atom is 0.338 e. The lowest BCUT2D eigenvalue weighted by Gasteiger charge is -2.29. The number of ether oxygens (including phenoxy) is 2. The molecule has 0 spiro atoms. The van der Waals surface area contributed by atoms with Gasteiger partial charge >= 0.3 is 11.9 Å². The summed E-state index contributed by atoms with van der Waals surface area (Å²) in [4.78, 5) is 24.5. The Kier molecular flexibility index (Phi) is 4.35. The molecule has 2 unspecified atom stereocenters. The largest absolute Gasteiger partial charge is 0.422 e. The first-order chi connectivity index (χ1) is 13.2. The van der Waals surface area contributed by atoms with Crippen LogP contribution in [0.25, 0.3) is 10.8 Å². The second-order valence-corrected chi connectivity index (χ2v) is 8.37. The van der Waals surface area contributed by atoms with Crippen LogP contribution in [0.3, 0.4) is 0 Å². The summed E-state index contributed by atoms with van der Waals surface area (Å²) < 4.78 is 11.5. The van der Waals surface area contributed by atoms with E-state index in [4.69, 9.17) is 21.1 Å². The average molecular weight is 397 g/mol. The number of rotatable bonds is 4. The Morgan fingerprint density at radius 2 is 2.00 bits per heavy atom. The molecule has 2 atom stereocenters. The maximum absolute atomic E-state index is 12.4. The van der Waals surface area contributed by atoms with Gasteiger partial charge in [0.1, 0.15) is 11.5 Å². The van der Waals surface area contributed by atoms with Gasteiger partial charge in [0.05, 0.1) is 0 Å². The topological polar surface area (TPSA) is 52.6 Å². The van der Waals surface area contributed by atoms with E-state index in [-0.39, 0.29) is 11.3 Å². The molecule has 4 nitrogen and oxygen atoms in total. The Balaban J connectivity index is 2.08. The molecule has 1 saturated carbocycles. The summed E-state index contributed by atoms with van der Waals surface area (Å²) in [5.41, 5.74) is 2.10. The lowest BCUT2D eigenvalue weighted by Crippen LogP contribution is -2.20. The van der Waals surface area contributed by atoms with Crippen LogP contribution in [0.2, 0.25) is 5.02 Å². The fraction of sp³-hybridized carbons (Fsp3) is 0.304. The zero-order valence-electron chi connectivity index (χ0n) is 15.9. The van der Waals surface area contributed by atoms with Gasteiger partial charge in [-0.15, -0.1) is 0 Å². The van der Waals surface area contributed by atoms with Gasteiger partial charge in [0.25, 0.3) is 0 Å². The number of hydrogen-bond acceptors (Lipinski definition) is 4. The van der Waals surface area contributed by atoms with Gasteiger partial charge in [0, 0.05) is 38.6 Å². The van der Waals surface area contributed by atoms with Crippen molar-refractivity contribution in [1.29, 1.82) is 0 Å². The van der Waals surface area contributed by atoms with E-state index in [0.29, 0.717) is 32.9 Å². The average Bonchev–Trinajstić information content (AvgIpc) is 3.17. The Morgan fingerprint density at radius 1 is 1.25 bits per heavy atom. The van der Waals surface area contributed by atoms with Gasteiger partial charge < -0.3 is 9.47 Å². The highest BCUT2D eigenvalue weighted by Crippen LogP contribution is 2.64. The monoisotopic (exact) mass is 396 g/mol. The van der Waals surface area contributed by atoms with Crippen molar-refractivity contribution in [3.8, 4) is 11.5 Å². The normalized spacial score (nSPS) is 22.0. The zero-order valence-corrected chi connectivity index (χ0v) is 16.7. The van der Waals surface area contributed by atoms with Gasteiger partial charge in [0.15, 0.2) is 0 Å². The zero-order chi connectivity index (χ0) is 20.2. The van der Waals surface area contributed by atoms with E-state index in [2.05, 4.69) is 20.1 Å². The molecule has 0 aliphatic heterocycles. The predicted molar refractivity (Wildman–Crippen MR) is 109 cm³/mol. The molecule has 0 amide bonds. The number of carbonyl (C=O) groups is 2. The van der Waals surface area contributed by atoms with E-state index in [1.807, 2.05) is 0 Å². The standard InChI is InChI=1S/C23H21ClO4/c1-5-17(25)27-21-15-7-6-14(24)10-16(15)20(28-22(26)12(2)3)18-13-8-9-23(4,11-13)19(18)21/h5-7,10,13H,1-2,8-9,11H2,3-4H3. The first kappa shape index (κ1) is 18.8. The number of benzene rings is 2. The van der Waals surface area contributed by atoms with Crippen LogP contribution in [-0.4, -0.2) is 11.9 Å². The van der Waals surface area contributed by atoms with Crippen LogP contribution < -0.4 is 9.47 Å². The van der Waals surface area contributed by atoms with Gasteiger partial charge in [-0.3, -0.25) is 0 Å². The molecule has 2 aliphatic carbocycles. The van der Waals surface area contributed by atoms with Crippen LogP contribution in [0.5, 0.6) is 11.5 Å². The van der Waals surface area contributed by atoms with Gasteiger partial charge in [-0.25, -0.2) is 9.59 Å². The SMILES string of the molecule is C=CC(=O)Oc1c2c(c(OC(=O)C(=C)C)c3cc(Cl)ccc13)C1CCC2(C)C1. The molecule has 2 aromatic rings. The molecule has 0 radical (unpaired) electrons. The smallest absolute Gasteiger partial charge is 0.338 e. The predicted octanol–water partition coefficient (Wildman–Crippen LogP) is 5.60. The third-order valence-electron chi connectivity index (χ3n) is 5.88. The summed E-state index contributed by atoms with van der Waals surface area (Å²) in [6, 6.07) is 5.29. The van der Waals surface area contributed by atoms with Crippen LogP contribution >= 0.6 is 11.6 Å². The van der Waals surface area contributed by atoms with Crippen molar-refractivity contribution in [3.63, 3.8) is 0 Å².